The maximum absolute atomic E-state index is 10.6. The van der Waals surface area contributed by atoms with Crippen molar-refractivity contribution in [3.63, 3.8) is 0 Å². The first-order valence-corrected chi connectivity index (χ1v) is 6.81. The predicted molar refractivity (Wildman–Crippen MR) is 77.2 cm³/mol. The fraction of sp³-hybridized carbons (Fsp3) is 0.615. The molecule has 0 aromatic carbocycles. The summed E-state index contributed by atoms with van der Waals surface area (Å²) in [5.74, 6) is 1.49. The molecule has 0 aliphatic heterocycles. The minimum atomic E-state index is -0.941. The van der Waals surface area contributed by atoms with Gasteiger partial charge in [0.15, 0.2) is 0 Å². The fourth-order valence-electron chi connectivity index (χ4n) is 2.41. The Morgan fingerprint density at radius 3 is 2.55 bits per heavy atom. The highest BCUT2D eigenvalue weighted by atomic mass is 16.4. The summed E-state index contributed by atoms with van der Waals surface area (Å²) in [5.41, 5.74) is 0. The van der Waals surface area contributed by atoms with Crippen LogP contribution in [-0.2, 0) is 0 Å². The first-order chi connectivity index (χ1) is 9.54. The highest BCUT2D eigenvalue weighted by Gasteiger charge is 2.22. The van der Waals surface area contributed by atoms with Crippen molar-refractivity contribution in [1.82, 2.24) is 15.3 Å². The van der Waals surface area contributed by atoms with Crippen LogP contribution in [0.25, 0.3) is 0 Å². The van der Waals surface area contributed by atoms with Gasteiger partial charge in [-0.1, -0.05) is 0 Å². The molecule has 1 heterocycles. The quantitative estimate of drug-likeness (QED) is 0.774. The average molecular weight is 279 g/mol. The molecule has 1 aliphatic rings. The van der Waals surface area contributed by atoms with Gasteiger partial charge in [-0.2, -0.15) is 4.98 Å². The molecule has 0 bridgehead atoms. The molecule has 7 heteroatoms. The standard InChI is InChI=1S/C13H21N5O2/c1-18(2)11-7-8-14-12(17-11)15-9-3-5-10(6-4-9)16-13(19)20/h7-10,16H,3-6H2,1-2H3,(H,19,20)(H,14,15,17). The SMILES string of the molecule is CN(C)c1ccnc(NC2CCC(NC(=O)O)CC2)n1. The molecular formula is C13H21N5O2. The van der Waals surface area contributed by atoms with E-state index in [4.69, 9.17) is 5.11 Å². The number of anilines is 2. The molecule has 1 aromatic heterocycles. The lowest BCUT2D eigenvalue weighted by Crippen LogP contribution is -2.39. The van der Waals surface area contributed by atoms with Crippen molar-refractivity contribution in [2.24, 2.45) is 0 Å². The van der Waals surface area contributed by atoms with Gasteiger partial charge in [-0.25, -0.2) is 9.78 Å². The maximum Gasteiger partial charge on any atom is 0.404 e. The molecule has 0 saturated heterocycles. The minimum Gasteiger partial charge on any atom is -0.465 e. The van der Waals surface area contributed by atoms with Gasteiger partial charge in [-0.3, -0.25) is 0 Å². The Hall–Kier alpha value is -2.05. The highest BCUT2D eigenvalue weighted by molar-refractivity contribution is 5.64. The summed E-state index contributed by atoms with van der Waals surface area (Å²) >= 11 is 0. The third-order valence-corrected chi connectivity index (χ3v) is 3.49. The topological polar surface area (TPSA) is 90.4 Å². The second-order valence-electron chi connectivity index (χ2n) is 5.28. The molecule has 7 nitrogen and oxygen atoms in total. The smallest absolute Gasteiger partial charge is 0.404 e. The van der Waals surface area contributed by atoms with Crippen molar-refractivity contribution >= 4 is 17.9 Å². The molecule has 0 radical (unpaired) electrons. The van der Waals surface area contributed by atoms with Crippen LogP contribution in [0.5, 0.6) is 0 Å². The van der Waals surface area contributed by atoms with Gasteiger partial charge in [0.25, 0.3) is 0 Å². The molecule has 0 spiro atoms. The number of carbonyl (C=O) groups is 1. The summed E-state index contributed by atoms with van der Waals surface area (Å²) in [4.78, 5) is 21.2. The van der Waals surface area contributed by atoms with E-state index >= 15 is 0 Å². The van der Waals surface area contributed by atoms with Crippen LogP contribution in [0.3, 0.4) is 0 Å². The monoisotopic (exact) mass is 279 g/mol. The molecule has 0 atom stereocenters. The molecule has 110 valence electrons. The second-order valence-corrected chi connectivity index (χ2v) is 5.28. The number of nitrogens with zero attached hydrogens (tertiary/aromatic N) is 3. The van der Waals surface area contributed by atoms with Crippen LogP contribution in [0.2, 0.25) is 0 Å². The Bertz CT molecular complexity index is 458. The Morgan fingerprint density at radius 1 is 1.30 bits per heavy atom. The van der Waals surface area contributed by atoms with Crippen molar-refractivity contribution in [3.05, 3.63) is 12.3 Å². The van der Waals surface area contributed by atoms with Crippen LogP contribution in [0.15, 0.2) is 12.3 Å². The van der Waals surface area contributed by atoms with Crippen LogP contribution in [0, 0.1) is 0 Å². The lowest BCUT2D eigenvalue weighted by molar-refractivity contribution is 0.185. The van der Waals surface area contributed by atoms with E-state index in [1.807, 2.05) is 25.1 Å². The van der Waals surface area contributed by atoms with E-state index in [1.165, 1.54) is 0 Å². The Morgan fingerprint density at radius 2 is 1.95 bits per heavy atom. The van der Waals surface area contributed by atoms with Gasteiger partial charge in [-0.05, 0) is 31.7 Å². The van der Waals surface area contributed by atoms with Crippen LogP contribution in [0.1, 0.15) is 25.7 Å². The zero-order valence-corrected chi connectivity index (χ0v) is 11.8. The fourth-order valence-corrected chi connectivity index (χ4v) is 2.41. The Balaban J connectivity index is 1.86. The molecule has 1 saturated carbocycles. The van der Waals surface area contributed by atoms with Gasteiger partial charge in [0.05, 0.1) is 0 Å². The number of hydrogen-bond donors (Lipinski definition) is 3. The van der Waals surface area contributed by atoms with Crippen molar-refractivity contribution in [2.75, 3.05) is 24.3 Å². The van der Waals surface area contributed by atoms with Gasteiger partial charge in [0.2, 0.25) is 5.95 Å². The number of nitrogens with one attached hydrogen (secondary N) is 2. The van der Waals surface area contributed by atoms with Gasteiger partial charge in [0.1, 0.15) is 5.82 Å². The van der Waals surface area contributed by atoms with E-state index in [1.54, 1.807) is 6.20 Å². The molecule has 1 amide bonds. The third kappa shape index (κ3) is 3.97. The van der Waals surface area contributed by atoms with E-state index in [0.717, 1.165) is 31.5 Å². The summed E-state index contributed by atoms with van der Waals surface area (Å²) < 4.78 is 0. The zero-order chi connectivity index (χ0) is 14.5. The van der Waals surface area contributed by atoms with Gasteiger partial charge in [-0.15, -0.1) is 0 Å². The molecular weight excluding hydrogens is 258 g/mol. The summed E-state index contributed by atoms with van der Waals surface area (Å²) in [6, 6.07) is 2.23. The number of aromatic nitrogens is 2. The van der Waals surface area contributed by atoms with Crippen molar-refractivity contribution < 1.29 is 9.90 Å². The van der Waals surface area contributed by atoms with Crippen molar-refractivity contribution in [1.29, 1.82) is 0 Å². The van der Waals surface area contributed by atoms with Crippen molar-refractivity contribution in [2.45, 2.75) is 37.8 Å². The van der Waals surface area contributed by atoms with Gasteiger partial charge in [0, 0.05) is 32.4 Å². The molecule has 20 heavy (non-hydrogen) atoms. The van der Waals surface area contributed by atoms with Crippen LogP contribution >= 0.6 is 0 Å². The average Bonchev–Trinajstić information content (AvgIpc) is 2.41. The van der Waals surface area contributed by atoms with E-state index in [0.29, 0.717) is 12.0 Å². The number of amides is 1. The van der Waals surface area contributed by atoms with E-state index < -0.39 is 6.09 Å². The maximum atomic E-state index is 10.6. The first kappa shape index (κ1) is 14.4. The Labute approximate surface area is 118 Å². The third-order valence-electron chi connectivity index (χ3n) is 3.49. The number of rotatable bonds is 4. The summed E-state index contributed by atoms with van der Waals surface area (Å²) in [5, 5.41) is 14.6. The lowest BCUT2D eigenvalue weighted by Gasteiger charge is -2.29. The highest BCUT2D eigenvalue weighted by Crippen LogP contribution is 2.21. The molecule has 1 aromatic rings. The van der Waals surface area contributed by atoms with E-state index in [9.17, 15) is 4.79 Å². The predicted octanol–water partition coefficient (Wildman–Crippen LogP) is 1.53. The molecule has 3 N–H and O–H groups in total. The second kappa shape index (κ2) is 6.40. The van der Waals surface area contributed by atoms with Crippen LogP contribution in [0.4, 0.5) is 16.6 Å². The molecule has 1 aliphatic carbocycles. The first-order valence-electron chi connectivity index (χ1n) is 6.81. The number of carboxylic acid groups (broad SMARTS) is 1. The van der Waals surface area contributed by atoms with Crippen LogP contribution < -0.4 is 15.5 Å². The largest absolute Gasteiger partial charge is 0.465 e. The summed E-state index contributed by atoms with van der Waals surface area (Å²) in [6.45, 7) is 0. The van der Waals surface area contributed by atoms with E-state index in [2.05, 4.69) is 20.6 Å². The zero-order valence-electron chi connectivity index (χ0n) is 11.8. The lowest BCUT2D eigenvalue weighted by atomic mass is 9.91. The Kier molecular flexibility index (Phi) is 4.60. The normalized spacial score (nSPS) is 22.1. The van der Waals surface area contributed by atoms with Crippen molar-refractivity contribution in [3.8, 4) is 0 Å². The molecule has 2 rings (SSSR count). The van der Waals surface area contributed by atoms with Gasteiger partial charge >= 0.3 is 6.09 Å². The summed E-state index contributed by atoms with van der Waals surface area (Å²) in [7, 11) is 3.88. The van der Waals surface area contributed by atoms with E-state index in [-0.39, 0.29) is 6.04 Å². The summed E-state index contributed by atoms with van der Waals surface area (Å²) in [6.07, 6.45) is 4.32. The van der Waals surface area contributed by atoms with Gasteiger partial charge < -0.3 is 20.6 Å². The number of hydrogen-bond acceptors (Lipinski definition) is 5. The molecule has 0 unspecified atom stereocenters. The van der Waals surface area contributed by atoms with Crippen LogP contribution in [-0.4, -0.2) is 47.3 Å². The minimum absolute atomic E-state index is 0.0691. The molecule has 1 fully saturated rings.